The highest BCUT2D eigenvalue weighted by Crippen LogP contribution is 2.26. The van der Waals surface area contributed by atoms with Crippen LogP contribution in [0.25, 0.3) is 11.0 Å². The van der Waals surface area contributed by atoms with Crippen molar-refractivity contribution in [1.29, 1.82) is 0 Å². The Morgan fingerprint density at radius 1 is 1.13 bits per heavy atom. The van der Waals surface area contributed by atoms with Gasteiger partial charge in [0.15, 0.2) is 0 Å². The molecule has 23 heavy (non-hydrogen) atoms. The normalized spacial score (nSPS) is 10.9. The summed E-state index contributed by atoms with van der Waals surface area (Å²) in [6, 6.07) is 13.7. The third-order valence-corrected chi connectivity index (χ3v) is 4.62. The molecule has 0 amide bonds. The maximum absolute atomic E-state index is 12.4. The molecule has 0 fully saturated rings. The zero-order valence-electron chi connectivity index (χ0n) is 11.7. The van der Waals surface area contributed by atoms with Crippen LogP contribution in [0.15, 0.2) is 62.6 Å². The predicted octanol–water partition coefficient (Wildman–Crippen LogP) is 5.12. The van der Waals surface area contributed by atoms with Crippen LogP contribution in [0.4, 0.5) is 0 Å². The number of carbonyl (C=O) groups is 1. The second-order valence-electron chi connectivity index (χ2n) is 4.80. The molecule has 3 rings (SSSR count). The molecule has 0 aliphatic carbocycles. The van der Waals surface area contributed by atoms with Crippen molar-refractivity contribution in [3.63, 3.8) is 0 Å². The second-order valence-corrected chi connectivity index (χ2v) is 6.55. The zero-order chi connectivity index (χ0) is 16.4. The molecule has 0 radical (unpaired) electrons. The fourth-order valence-electron chi connectivity index (χ4n) is 2.09. The van der Waals surface area contributed by atoms with Crippen molar-refractivity contribution in [3.05, 3.63) is 75.1 Å². The summed E-state index contributed by atoms with van der Waals surface area (Å²) in [4.78, 5) is 25.1. The lowest BCUT2D eigenvalue weighted by molar-refractivity contribution is 0.108. The molecular formula is C17H10Cl2O3S. The largest absolute Gasteiger partial charge is 0.422 e. The maximum atomic E-state index is 12.4. The van der Waals surface area contributed by atoms with Crippen LogP contribution in [0.2, 0.25) is 5.02 Å². The van der Waals surface area contributed by atoms with E-state index in [1.165, 1.54) is 6.07 Å². The summed E-state index contributed by atoms with van der Waals surface area (Å²) in [5.41, 5.74) is 0.645. The number of benzene rings is 2. The second kappa shape index (κ2) is 6.79. The molecule has 6 heteroatoms. The summed E-state index contributed by atoms with van der Waals surface area (Å²) in [7, 11) is 0. The van der Waals surface area contributed by atoms with Gasteiger partial charge in [-0.05, 0) is 53.7 Å². The summed E-state index contributed by atoms with van der Waals surface area (Å²) in [5.74, 6) is 0.343. The predicted molar refractivity (Wildman–Crippen MR) is 93.7 cm³/mol. The number of halogens is 2. The van der Waals surface area contributed by atoms with Gasteiger partial charge in [0.05, 0.1) is 0 Å². The Morgan fingerprint density at radius 2 is 1.96 bits per heavy atom. The molecule has 0 spiro atoms. The first kappa shape index (κ1) is 16.1. The first-order chi connectivity index (χ1) is 11.1. The monoisotopic (exact) mass is 364 g/mol. The van der Waals surface area contributed by atoms with E-state index in [4.69, 9.17) is 27.6 Å². The van der Waals surface area contributed by atoms with Gasteiger partial charge in [0.25, 0.3) is 0 Å². The molecule has 0 atom stereocenters. The number of hydrogen-bond acceptors (Lipinski definition) is 4. The van der Waals surface area contributed by atoms with Crippen LogP contribution in [0, 0.1) is 0 Å². The Bertz CT molecular complexity index is 950. The van der Waals surface area contributed by atoms with Crippen molar-refractivity contribution in [3.8, 4) is 0 Å². The van der Waals surface area contributed by atoms with Crippen molar-refractivity contribution in [2.45, 2.75) is 10.8 Å². The number of hydrogen-bond donors (Lipinski definition) is 0. The molecule has 0 N–H and O–H groups in total. The van der Waals surface area contributed by atoms with E-state index in [1.54, 1.807) is 42.5 Å². The van der Waals surface area contributed by atoms with E-state index < -0.39 is 5.63 Å². The Kier molecular flexibility index (Phi) is 4.76. The van der Waals surface area contributed by atoms with Gasteiger partial charge in [-0.1, -0.05) is 23.7 Å². The highest BCUT2D eigenvalue weighted by molar-refractivity contribution is 8.14. The van der Waals surface area contributed by atoms with E-state index in [0.717, 1.165) is 17.3 Å². The van der Waals surface area contributed by atoms with Crippen molar-refractivity contribution >= 4 is 51.0 Å². The van der Waals surface area contributed by atoms with Gasteiger partial charge in [0, 0.05) is 21.2 Å². The van der Waals surface area contributed by atoms with Gasteiger partial charge >= 0.3 is 5.63 Å². The Hall–Kier alpha value is -1.75. The summed E-state index contributed by atoms with van der Waals surface area (Å²) >= 11 is 12.6. The lowest BCUT2D eigenvalue weighted by Gasteiger charge is -2.03. The van der Waals surface area contributed by atoms with E-state index in [2.05, 4.69) is 0 Å². The smallest absolute Gasteiger partial charge is 0.348 e. The van der Waals surface area contributed by atoms with Crippen LogP contribution in [0.3, 0.4) is 0 Å². The molecule has 116 valence electrons. The van der Waals surface area contributed by atoms with Crippen molar-refractivity contribution in [2.75, 3.05) is 0 Å². The molecule has 3 nitrogen and oxygen atoms in total. The topological polar surface area (TPSA) is 47.3 Å². The molecule has 0 aliphatic heterocycles. The van der Waals surface area contributed by atoms with Gasteiger partial charge in [-0.15, -0.1) is 11.6 Å². The third kappa shape index (κ3) is 3.61. The molecule has 0 unspecified atom stereocenters. The molecule has 0 bridgehead atoms. The van der Waals surface area contributed by atoms with Crippen LogP contribution >= 0.6 is 35.0 Å². The number of thioether (sulfide) groups is 1. The SMILES string of the molecule is O=C(Sc1cccc(Cl)c1)c1cc2cc(CCl)ccc2oc1=O. The number of fused-ring (bicyclic) bond motifs is 1. The summed E-state index contributed by atoms with van der Waals surface area (Å²) in [5, 5.41) is 0.803. The highest BCUT2D eigenvalue weighted by atomic mass is 35.5. The van der Waals surface area contributed by atoms with E-state index >= 15 is 0 Å². The first-order valence-corrected chi connectivity index (χ1v) is 8.40. The zero-order valence-corrected chi connectivity index (χ0v) is 14.0. The van der Waals surface area contributed by atoms with Crippen LogP contribution in [0.1, 0.15) is 15.9 Å². The summed E-state index contributed by atoms with van der Waals surface area (Å²) in [6.07, 6.45) is 0. The average Bonchev–Trinajstić information content (AvgIpc) is 2.53. The Balaban J connectivity index is 1.99. The third-order valence-electron chi connectivity index (χ3n) is 3.18. The van der Waals surface area contributed by atoms with Gasteiger partial charge in [-0.25, -0.2) is 4.79 Å². The minimum atomic E-state index is -0.657. The number of carbonyl (C=O) groups excluding carboxylic acids is 1. The molecular weight excluding hydrogens is 355 g/mol. The lowest BCUT2D eigenvalue weighted by Crippen LogP contribution is -2.11. The molecule has 0 saturated heterocycles. The van der Waals surface area contributed by atoms with Gasteiger partial charge in [0.1, 0.15) is 11.1 Å². The molecule has 1 heterocycles. The fraction of sp³-hybridized carbons (Fsp3) is 0.0588. The number of alkyl halides is 1. The fourth-order valence-corrected chi connectivity index (χ4v) is 3.31. The van der Waals surface area contributed by atoms with Crippen LogP contribution in [-0.2, 0) is 5.88 Å². The summed E-state index contributed by atoms with van der Waals surface area (Å²) in [6.45, 7) is 0. The van der Waals surface area contributed by atoms with Crippen LogP contribution in [-0.4, -0.2) is 5.12 Å². The molecule has 3 aromatic rings. The molecule has 1 aromatic heterocycles. The van der Waals surface area contributed by atoms with Gasteiger partial charge < -0.3 is 4.42 Å². The van der Waals surface area contributed by atoms with Gasteiger partial charge in [-0.3, -0.25) is 4.79 Å². The Labute approximate surface area is 146 Å². The van der Waals surface area contributed by atoms with Gasteiger partial charge in [0.2, 0.25) is 5.12 Å². The molecule has 2 aromatic carbocycles. The van der Waals surface area contributed by atoms with E-state index in [0.29, 0.717) is 26.8 Å². The first-order valence-electron chi connectivity index (χ1n) is 6.67. The van der Waals surface area contributed by atoms with E-state index in [9.17, 15) is 9.59 Å². The van der Waals surface area contributed by atoms with Crippen LogP contribution < -0.4 is 5.63 Å². The van der Waals surface area contributed by atoms with Crippen LogP contribution in [0.5, 0.6) is 0 Å². The molecule has 0 aliphatic rings. The summed E-state index contributed by atoms with van der Waals surface area (Å²) < 4.78 is 5.22. The quantitative estimate of drug-likeness (QED) is 0.367. The maximum Gasteiger partial charge on any atom is 0.348 e. The Morgan fingerprint density at radius 3 is 2.70 bits per heavy atom. The van der Waals surface area contributed by atoms with E-state index in [-0.39, 0.29) is 10.7 Å². The number of rotatable bonds is 3. The van der Waals surface area contributed by atoms with Crippen molar-refractivity contribution in [1.82, 2.24) is 0 Å². The minimum absolute atomic E-state index is 0.00537. The van der Waals surface area contributed by atoms with Gasteiger partial charge in [-0.2, -0.15) is 0 Å². The lowest BCUT2D eigenvalue weighted by atomic mass is 10.1. The van der Waals surface area contributed by atoms with E-state index in [1.807, 2.05) is 0 Å². The standard InChI is InChI=1S/C17H10Cl2O3S/c18-9-10-4-5-15-11(6-10)7-14(16(20)22-15)17(21)23-13-3-1-2-12(19)8-13/h1-8H,9H2. The minimum Gasteiger partial charge on any atom is -0.422 e. The van der Waals surface area contributed by atoms with Crippen molar-refractivity contribution < 1.29 is 9.21 Å². The van der Waals surface area contributed by atoms with Crippen molar-refractivity contribution in [2.24, 2.45) is 0 Å². The molecule has 0 saturated carbocycles. The average molecular weight is 365 g/mol. The highest BCUT2D eigenvalue weighted by Gasteiger charge is 2.15.